The van der Waals surface area contributed by atoms with E-state index in [1.807, 2.05) is 6.92 Å². The second-order valence-corrected chi connectivity index (χ2v) is 5.90. The minimum Gasteiger partial charge on any atom is -0.507 e. The summed E-state index contributed by atoms with van der Waals surface area (Å²) in [6, 6.07) is 3.14. The molecule has 21 heavy (non-hydrogen) atoms. The van der Waals surface area contributed by atoms with Gasteiger partial charge in [0.25, 0.3) is 0 Å². The average molecular weight is 314 g/mol. The van der Waals surface area contributed by atoms with E-state index in [2.05, 4.69) is 4.90 Å². The molecule has 0 bridgehead atoms. The van der Waals surface area contributed by atoms with Crippen LogP contribution in [0.1, 0.15) is 29.8 Å². The number of aromatic hydroxyl groups is 1. The lowest BCUT2D eigenvalue weighted by molar-refractivity contribution is -0.0973. The Labute approximate surface area is 129 Å². The van der Waals surface area contributed by atoms with Gasteiger partial charge >= 0.3 is 0 Å². The van der Waals surface area contributed by atoms with Gasteiger partial charge in [-0.2, -0.15) is 0 Å². The number of carbonyl (C=O) groups is 1. The molecule has 0 amide bonds. The summed E-state index contributed by atoms with van der Waals surface area (Å²) in [6.07, 6.45) is -0.230. The number of nitrogens with zero attached hydrogens (tertiary/aromatic N) is 1. The van der Waals surface area contributed by atoms with Gasteiger partial charge in [0, 0.05) is 30.2 Å². The maximum Gasteiger partial charge on any atom is 0.163 e. The summed E-state index contributed by atoms with van der Waals surface area (Å²) < 4.78 is 5.58. The average Bonchev–Trinajstić information content (AvgIpc) is 2.41. The molecule has 2 atom stereocenters. The Morgan fingerprint density at radius 1 is 1.48 bits per heavy atom. The van der Waals surface area contributed by atoms with E-state index >= 15 is 0 Å². The van der Waals surface area contributed by atoms with E-state index in [0.717, 1.165) is 0 Å². The van der Waals surface area contributed by atoms with Crippen LogP contribution in [-0.4, -0.2) is 52.8 Å². The van der Waals surface area contributed by atoms with Crippen molar-refractivity contribution >= 4 is 17.4 Å². The van der Waals surface area contributed by atoms with Crippen molar-refractivity contribution in [3.63, 3.8) is 0 Å². The zero-order chi connectivity index (χ0) is 15.6. The van der Waals surface area contributed by atoms with Crippen LogP contribution in [0.3, 0.4) is 0 Å². The Hall–Kier alpha value is -1.14. The van der Waals surface area contributed by atoms with Gasteiger partial charge in [-0.15, -0.1) is 0 Å². The van der Waals surface area contributed by atoms with Crippen LogP contribution in [0.4, 0.5) is 0 Å². The molecule has 1 saturated heterocycles. The van der Waals surface area contributed by atoms with Gasteiger partial charge in [-0.05, 0) is 26.0 Å². The number of hydrogen-bond donors (Lipinski definition) is 2. The number of hydrogen-bond acceptors (Lipinski definition) is 5. The van der Waals surface area contributed by atoms with Crippen LogP contribution < -0.4 is 0 Å². The Bertz CT molecular complexity index is 535. The highest BCUT2D eigenvalue weighted by atomic mass is 35.5. The number of benzene rings is 1. The van der Waals surface area contributed by atoms with Crippen molar-refractivity contribution in [2.24, 2.45) is 0 Å². The summed E-state index contributed by atoms with van der Waals surface area (Å²) >= 11 is 6.02. The number of ether oxygens (including phenoxy) is 1. The van der Waals surface area contributed by atoms with Crippen LogP contribution in [0, 0.1) is 0 Å². The lowest BCUT2D eigenvalue weighted by atomic mass is 10.0. The van der Waals surface area contributed by atoms with E-state index in [4.69, 9.17) is 16.3 Å². The lowest BCUT2D eigenvalue weighted by Gasteiger charge is -2.36. The standard InChI is InChI=1S/C15H20ClNO4/c1-9-5-17(7-13(8-18)21-9)6-11-3-12(16)4-14(10(2)19)15(11)20/h3-4,9,13,18,20H,5-8H2,1-2H3. The minimum absolute atomic E-state index is 0.00417. The molecule has 0 aliphatic carbocycles. The van der Waals surface area contributed by atoms with Crippen molar-refractivity contribution in [1.29, 1.82) is 0 Å². The maximum atomic E-state index is 11.5. The van der Waals surface area contributed by atoms with Crippen LogP contribution in [0.25, 0.3) is 0 Å². The molecule has 2 unspecified atom stereocenters. The molecule has 1 aliphatic heterocycles. The molecule has 6 heteroatoms. The fourth-order valence-electron chi connectivity index (χ4n) is 2.66. The maximum absolute atomic E-state index is 11.5. The lowest BCUT2D eigenvalue weighted by Crippen LogP contribution is -2.47. The minimum atomic E-state index is -0.234. The monoisotopic (exact) mass is 313 g/mol. The highest BCUT2D eigenvalue weighted by molar-refractivity contribution is 6.31. The van der Waals surface area contributed by atoms with Gasteiger partial charge in [0.15, 0.2) is 5.78 Å². The van der Waals surface area contributed by atoms with Crippen LogP contribution in [0.5, 0.6) is 5.75 Å². The number of carbonyl (C=O) groups excluding carboxylic acids is 1. The number of morpholine rings is 1. The first-order valence-corrected chi connectivity index (χ1v) is 7.29. The number of aliphatic hydroxyl groups is 1. The number of aliphatic hydroxyl groups excluding tert-OH is 1. The third-order valence-electron chi connectivity index (χ3n) is 3.53. The van der Waals surface area contributed by atoms with Crippen LogP contribution >= 0.6 is 11.6 Å². The topological polar surface area (TPSA) is 70.0 Å². The van der Waals surface area contributed by atoms with Crippen molar-refractivity contribution in [2.75, 3.05) is 19.7 Å². The molecule has 2 N–H and O–H groups in total. The van der Waals surface area contributed by atoms with Gasteiger partial charge in [-0.25, -0.2) is 0 Å². The molecule has 1 fully saturated rings. The predicted octanol–water partition coefficient (Wildman–Crippen LogP) is 1.83. The first-order chi connectivity index (χ1) is 9.90. The number of rotatable bonds is 4. The van der Waals surface area contributed by atoms with E-state index in [1.165, 1.54) is 13.0 Å². The highest BCUT2D eigenvalue weighted by Gasteiger charge is 2.26. The molecule has 1 heterocycles. The van der Waals surface area contributed by atoms with Gasteiger partial charge < -0.3 is 14.9 Å². The first-order valence-electron chi connectivity index (χ1n) is 6.91. The molecule has 2 rings (SSSR count). The van der Waals surface area contributed by atoms with Crippen LogP contribution in [0.15, 0.2) is 12.1 Å². The summed E-state index contributed by atoms with van der Waals surface area (Å²) in [6.45, 7) is 5.01. The molecule has 5 nitrogen and oxygen atoms in total. The van der Waals surface area contributed by atoms with E-state index < -0.39 is 0 Å². The van der Waals surface area contributed by atoms with Gasteiger partial charge in [-0.1, -0.05) is 11.6 Å². The molecule has 0 radical (unpaired) electrons. The molecule has 116 valence electrons. The van der Waals surface area contributed by atoms with E-state index in [1.54, 1.807) is 6.07 Å². The zero-order valence-electron chi connectivity index (χ0n) is 12.2. The van der Waals surface area contributed by atoms with Gasteiger partial charge in [0.05, 0.1) is 24.4 Å². The van der Waals surface area contributed by atoms with Crippen LogP contribution in [0.2, 0.25) is 5.02 Å². The fraction of sp³-hybridized carbons (Fsp3) is 0.533. The third kappa shape index (κ3) is 3.95. The summed E-state index contributed by atoms with van der Waals surface area (Å²) in [5, 5.41) is 19.9. The second kappa shape index (κ2) is 6.75. The van der Waals surface area contributed by atoms with Gasteiger partial charge in [0.1, 0.15) is 5.75 Å². The SMILES string of the molecule is CC(=O)c1cc(Cl)cc(CN2CC(C)OC(CO)C2)c1O. The highest BCUT2D eigenvalue weighted by Crippen LogP contribution is 2.29. The van der Waals surface area contributed by atoms with Crippen molar-refractivity contribution in [1.82, 2.24) is 4.90 Å². The predicted molar refractivity (Wildman–Crippen MR) is 79.8 cm³/mol. The van der Waals surface area contributed by atoms with Crippen molar-refractivity contribution < 1.29 is 19.7 Å². The summed E-state index contributed by atoms with van der Waals surface area (Å²) in [5.41, 5.74) is 0.844. The normalized spacial score (nSPS) is 23.2. The number of ketones is 1. The molecule has 1 aliphatic rings. The van der Waals surface area contributed by atoms with E-state index in [9.17, 15) is 15.0 Å². The van der Waals surface area contributed by atoms with Crippen molar-refractivity contribution in [2.45, 2.75) is 32.6 Å². The fourth-order valence-corrected chi connectivity index (χ4v) is 2.90. The van der Waals surface area contributed by atoms with Crippen LogP contribution in [-0.2, 0) is 11.3 Å². The third-order valence-corrected chi connectivity index (χ3v) is 3.75. The molecule has 1 aromatic rings. The summed E-state index contributed by atoms with van der Waals surface area (Å²) in [4.78, 5) is 13.6. The molecule has 0 spiro atoms. The molecular weight excluding hydrogens is 294 g/mol. The Kier molecular flexibility index (Phi) is 5.22. The molecule has 0 saturated carbocycles. The van der Waals surface area contributed by atoms with E-state index in [-0.39, 0.29) is 35.9 Å². The number of halogens is 1. The van der Waals surface area contributed by atoms with Gasteiger partial charge in [0.2, 0.25) is 0 Å². The van der Waals surface area contributed by atoms with E-state index in [0.29, 0.717) is 30.2 Å². The number of phenolic OH excluding ortho intramolecular Hbond substituents is 1. The van der Waals surface area contributed by atoms with Gasteiger partial charge in [-0.3, -0.25) is 9.69 Å². The molecule has 1 aromatic carbocycles. The van der Waals surface area contributed by atoms with Crippen molar-refractivity contribution in [3.05, 3.63) is 28.3 Å². The Balaban J connectivity index is 2.21. The smallest absolute Gasteiger partial charge is 0.163 e. The second-order valence-electron chi connectivity index (χ2n) is 5.46. The Morgan fingerprint density at radius 3 is 2.81 bits per heavy atom. The molecular formula is C15H20ClNO4. The van der Waals surface area contributed by atoms with Crippen molar-refractivity contribution in [3.8, 4) is 5.75 Å². The number of phenols is 1. The quantitative estimate of drug-likeness (QED) is 0.830. The first kappa shape index (κ1) is 16.2. The number of Topliss-reactive ketones (excluding diaryl/α,β-unsaturated/α-hetero) is 1. The summed E-state index contributed by atoms with van der Waals surface area (Å²) in [7, 11) is 0. The summed E-state index contributed by atoms with van der Waals surface area (Å²) in [5.74, 6) is -0.244. The zero-order valence-corrected chi connectivity index (χ0v) is 12.9. The Morgan fingerprint density at radius 2 is 2.19 bits per heavy atom. The largest absolute Gasteiger partial charge is 0.507 e. The molecule has 0 aromatic heterocycles.